The molecular weight excluding hydrogens is 645 g/mol. The number of carbonyl (C=O) groups excluding carboxylic acids is 1. The molecule has 3 aromatic carbocycles. The van der Waals surface area contributed by atoms with Gasteiger partial charge in [-0.15, -0.1) is 0 Å². The molecule has 0 saturated carbocycles. The molecule has 0 saturated heterocycles. The zero-order chi connectivity index (χ0) is 34.7. The van der Waals surface area contributed by atoms with Crippen molar-refractivity contribution in [3.63, 3.8) is 0 Å². The van der Waals surface area contributed by atoms with Crippen LogP contribution in [-0.4, -0.2) is 56.5 Å². The number of unbranched alkanes of at least 4 members (excludes halogenated alkanes) is 1. The van der Waals surface area contributed by atoms with Gasteiger partial charge in [0.15, 0.2) is 9.84 Å². The average Bonchev–Trinajstić information content (AvgIpc) is 3.08. The normalized spacial score (nSPS) is 12.2. The first kappa shape index (κ1) is 36.5. The Labute approximate surface area is 288 Å². The topological polar surface area (TPSA) is 116 Å². The first-order chi connectivity index (χ1) is 22.9. The molecule has 10 heteroatoms. The van der Waals surface area contributed by atoms with Crippen LogP contribution in [0.4, 0.5) is 0 Å². The Kier molecular flexibility index (Phi) is 12.7. The van der Waals surface area contributed by atoms with Crippen LogP contribution < -0.4 is 9.47 Å². The lowest BCUT2D eigenvalue weighted by atomic mass is 9.87. The number of benzene rings is 3. The second-order valence-corrected chi connectivity index (χ2v) is 15.6. The standard InChI is InChI=1S/C38H42N2O6S2/c1-6-7-21-48(42,43)26-32(24-45-31-19-15-29(16-20-31)38(2,3)4)46-36(41)25-47-37-34(23-39)33(27-11-9-8-10-12-27)22-35(40-37)28-13-17-30(44-5)18-14-28/h8-20,22,32H,6-7,21,24-26H2,1-5H3. The zero-order valence-electron chi connectivity index (χ0n) is 28.1. The van der Waals surface area contributed by atoms with E-state index < -0.39 is 21.9 Å². The molecule has 0 aliphatic carbocycles. The third kappa shape index (κ3) is 10.3. The SMILES string of the molecule is CCCCS(=O)(=O)CC(COc1ccc(C(C)(C)C)cc1)OC(=O)CSc1nc(-c2ccc(OC)cc2)cc(-c2ccccc2)c1C#N. The van der Waals surface area contributed by atoms with Gasteiger partial charge in [0, 0.05) is 11.1 Å². The van der Waals surface area contributed by atoms with Crippen molar-refractivity contribution in [2.24, 2.45) is 0 Å². The summed E-state index contributed by atoms with van der Waals surface area (Å²) in [7, 11) is -1.91. The highest BCUT2D eigenvalue weighted by atomic mass is 32.2. The quantitative estimate of drug-likeness (QED) is 0.0909. The van der Waals surface area contributed by atoms with Gasteiger partial charge in [0.05, 0.1) is 35.6 Å². The zero-order valence-corrected chi connectivity index (χ0v) is 29.7. The third-order valence-corrected chi connectivity index (χ3v) is 10.3. The monoisotopic (exact) mass is 686 g/mol. The summed E-state index contributed by atoms with van der Waals surface area (Å²) in [6.45, 7) is 8.15. The summed E-state index contributed by atoms with van der Waals surface area (Å²) in [5, 5.41) is 10.6. The molecule has 1 heterocycles. The maximum Gasteiger partial charge on any atom is 0.316 e. The molecule has 0 N–H and O–H groups in total. The Hall–Kier alpha value is -4.33. The smallest absolute Gasteiger partial charge is 0.316 e. The van der Waals surface area contributed by atoms with Crippen molar-refractivity contribution in [2.45, 2.75) is 57.1 Å². The van der Waals surface area contributed by atoms with Crippen LogP contribution in [-0.2, 0) is 24.8 Å². The van der Waals surface area contributed by atoms with Crippen LogP contribution in [0.3, 0.4) is 0 Å². The van der Waals surface area contributed by atoms with Gasteiger partial charge in [-0.1, -0.05) is 88.3 Å². The predicted molar refractivity (Wildman–Crippen MR) is 191 cm³/mol. The van der Waals surface area contributed by atoms with E-state index in [-0.39, 0.29) is 29.3 Å². The molecule has 8 nitrogen and oxygen atoms in total. The van der Waals surface area contributed by atoms with Crippen LogP contribution in [0.5, 0.6) is 11.5 Å². The minimum Gasteiger partial charge on any atom is -0.497 e. The third-order valence-electron chi connectivity index (χ3n) is 7.60. The molecule has 252 valence electrons. The number of nitrogens with zero attached hydrogens (tertiary/aromatic N) is 2. The van der Waals surface area contributed by atoms with E-state index in [1.807, 2.05) is 91.9 Å². The molecule has 0 aliphatic heterocycles. The fourth-order valence-corrected chi connectivity index (χ4v) is 7.34. The van der Waals surface area contributed by atoms with Gasteiger partial charge in [0.2, 0.25) is 0 Å². The van der Waals surface area contributed by atoms with Crippen molar-refractivity contribution in [1.82, 2.24) is 4.98 Å². The number of sulfone groups is 1. The molecule has 0 radical (unpaired) electrons. The first-order valence-electron chi connectivity index (χ1n) is 15.8. The number of rotatable bonds is 15. The number of aromatic nitrogens is 1. The molecule has 0 aliphatic rings. The Bertz CT molecular complexity index is 1810. The van der Waals surface area contributed by atoms with Crippen molar-refractivity contribution in [1.29, 1.82) is 5.26 Å². The van der Waals surface area contributed by atoms with Gasteiger partial charge >= 0.3 is 5.97 Å². The fraction of sp³-hybridized carbons (Fsp3) is 0.342. The van der Waals surface area contributed by atoms with Crippen molar-refractivity contribution in [2.75, 3.05) is 31.0 Å². The molecule has 4 aromatic rings. The lowest BCUT2D eigenvalue weighted by Gasteiger charge is -2.21. The Morgan fingerprint density at radius 1 is 0.958 bits per heavy atom. The fourth-order valence-electron chi connectivity index (χ4n) is 4.92. The molecule has 1 aromatic heterocycles. The second kappa shape index (κ2) is 16.7. The molecule has 1 unspecified atom stereocenters. The van der Waals surface area contributed by atoms with Gasteiger partial charge in [-0.05, 0) is 65.4 Å². The van der Waals surface area contributed by atoms with Gasteiger partial charge in [0.1, 0.15) is 35.3 Å². The summed E-state index contributed by atoms with van der Waals surface area (Å²) >= 11 is 1.07. The highest BCUT2D eigenvalue weighted by Gasteiger charge is 2.25. The van der Waals surface area contributed by atoms with E-state index in [4.69, 9.17) is 19.2 Å². The maximum absolute atomic E-state index is 13.3. The largest absolute Gasteiger partial charge is 0.497 e. The molecule has 0 amide bonds. The summed E-state index contributed by atoms with van der Waals surface area (Å²) in [6.07, 6.45) is 0.229. The van der Waals surface area contributed by atoms with Crippen LogP contribution in [0.15, 0.2) is 90.0 Å². The summed E-state index contributed by atoms with van der Waals surface area (Å²) in [4.78, 5) is 18.0. The van der Waals surface area contributed by atoms with E-state index >= 15 is 0 Å². The number of hydrogen-bond acceptors (Lipinski definition) is 9. The highest BCUT2D eigenvalue weighted by molar-refractivity contribution is 8.00. The molecule has 0 spiro atoms. The van der Waals surface area contributed by atoms with Crippen LogP contribution in [0.2, 0.25) is 0 Å². The lowest BCUT2D eigenvalue weighted by Crippen LogP contribution is -2.34. The molecule has 0 bridgehead atoms. The first-order valence-corrected chi connectivity index (χ1v) is 18.6. The van der Waals surface area contributed by atoms with Crippen LogP contribution in [0.25, 0.3) is 22.4 Å². The number of nitriles is 1. The van der Waals surface area contributed by atoms with E-state index in [9.17, 15) is 18.5 Å². The van der Waals surface area contributed by atoms with Gasteiger partial charge in [-0.2, -0.15) is 5.26 Å². The van der Waals surface area contributed by atoms with Gasteiger partial charge in [-0.3, -0.25) is 4.79 Å². The molecular formula is C38H42N2O6S2. The molecule has 1 atom stereocenters. The van der Waals surface area contributed by atoms with E-state index in [2.05, 4.69) is 26.8 Å². The number of pyridine rings is 1. The minimum absolute atomic E-state index is 0.00243. The van der Waals surface area contributed by atoms with Crippen molar-refractivity contribution < 1.29 is 27.4 Å². The number of hydrogen-bond donors (Lipinski definition) is 0. The molecule has 0 fully saturated rings. The van der Waals surface area contributed by atoms with E-state index in [0.29, 0.717) is 39.8 Å². The van der Waals surface area contributed by atoms with E-state index in [0.717, 1.165) is 34.9 Å². The molecule has 4 rings (SSSR count). The Morgan fingerprint density at radius 2 is 1.62 bits per heavy atom. The number of methoxy groups -OCH3 is 1. The summed E-state index contributed by atoms with van der Waals surface area (Å²) in [6, 6.07) is 28.7. The van der Waals surface area contributed by atoms with Crippen molar-refractivity contribution >= 4 is 27.6 Å². The minimum atomic E-state index is -3.50. The summed E-state index contributed by atoms with van der Waals surface area (Å²) in [5.74, 6) is 0.0809. The summed E-state index contributed by atoms with van der Waals surface area (Å²) < 4.78 is 42.7. The van der Waals surface area contributed by atoms with E-state index in [1.165, 1.54) is 0 Å². The Morgan fingerprint density at radius 3 is 2.23 bits per heavy atom. The van der Waals surface area contributed by atoms with Crippen molar-refractivity contribution in [3.8, 4) is 40.0 Å². The van der Waals surface area contributed by atoms with Crippen LogP contribution in [0, 0.1) is 11.3 Å². The number of thioether (sulfide) groups is 1. The summed E-state index contributed by atoms with van der Waals surface area (Å²) in [5.41, 5.74) is 4.38. The van der Waals surface area contributed by atoms with Crippen LogP contribution in [0.1, 0.15) is 51.7 Å². The number of carbonyl (C=O) groups is 1. The Balaban J connectivity index is 1.56. The number of esters is 1. The number of ether oxygens (including phenoxy) is 3. The van der Waals surface area contributed by atoms with Crippen LogP contribution >= 0.6 is 11.8 Å². The van der Waals surface area contributed by atoms with Gasteiger partial charge < -0.3 is 14.2 Å². The average molecular weight is 687 g/mol. The predicted octanol–water partition coefficient (Wildman–Crippen LogP) is 7.89. The highest BCUT2D eigenvalue weighted by Crippen LogP contribution is 2.35. The van der Waals surface area contributed by atoms with Gasteiger partial charge in [0.25, 0.3) is 0 Å². The van der Waals surface area contributed by atoms with Crippen molar-refractivity contribution in [3.05, 3.63) is 96.1 Å². The van der Waals surface area contributed by atoms with Gasteiger partial charge in [-0.25, -0.2) is 13.4 Å². The second-order valence-electron chi connectivity index (χ2n) is 12.4. The molecule has 48 heavy (non-hydrogen) atoms. The lowest BCUT2D eigenvalue weighted by molar-refractivity contribution is -0.146. The van der Waals surface area contributed by atoms with E-state index in [1.54, 1.807) is 7.11 Å². The maximum atomic E-state index is 13.3.